The van der Waals surface area contributed by atoms with Crippen LogP contribution >= 0.6 is 27.5 Å². The molecular formula is C12H11BrClN3O. The van der Waals surface area contributed by atoms with E-state index >= 15 is 0 Å². The molecule has 1 N–H and O–H groups in total. The van der Waals surface area contributed by atoms with Crippen LogP contribution in [0.2, 0.25) is 5.02 Å². The minimum absolute atomic E-state index is 0.201. The molecule has 0 aliphatic carbocycles. The van der Waals surface area contributed by atoms with Crippen molar-refractivity contribution in [2.75, 3.05) is 5.32 Å². The molecule has 0 radical (unpaired) electrons. The second-order valence-corrected chi connectivity index (χ2v) is 4.90. The predicted molar refractivity (Wildman–Crippen MR) is 75.0 cm³/mol. The lowest BCUT2D eigenvalue weighted by Gasteiger charge is -2.07. The van der Waals surface area contributed by atoms with Crippen LogP contribution in [-0.2, 0) is 6.54 Å². The molecule has 94 valence electrons. The van der Waals surface area contributed by atoms with Crippen LogP contribution in [0.3, 0.4) is 0 Å². The van der Waals surface area contributed by atoms with Gasteiger partial charge < -0.3 is 9.88 Å². The monoisotopic (exact) mass is 327 g/mol. The van der Waals surface area contributed by atoms with Gasteiger partial charge in [0.1, 0.15) is 10.3 Å². The number of aryl methyl sites for hydroxylation is 1. The van der Waals surface area contributed by atoms with Gasteiger partial charge >= 0.3 is 0 Å². The van der Waals surface area contributed by atoms with E-state index in [9.17, 15) is 4.79 Å². The summed E-state index contributed by atoms with van der Waals surface area (Å²) in [7, 11) is 0. The normalized spacial score (nSPS) is 10.4. The molecule has 0 atom stereocenters. The Kier molecular flexibility index (Phi) is 4.04. The fourth-order valence-corrected chi connectivity index (χ4v) is 2.03. The van der Waals surface area contributed by atoms with Gasteiger partial charge in [0.15, 0.2) is 0 Å². The molecule has 4 nitrogen and oxygen atoms in total. The Morgan fingerprint density at radius 3 is 2.94 bits per heavy atom. The van der Waals surface area contributed by atoms with E-state index in [0.29, 0.717) is 22.9 Å². The van der Waals surface area contributed by atoms with Crippen LogP contribution in [-0.4, -0.2) is 15.5 Å². The van der Waals surface area contributed by atoms with Crippen molar-refractivity contribution in [1.82, 2.24) is 9.55 Å². The first kappa shape index (κ1) is 13.1. The lowest BCUT2D eigenvalue weighted by molar-refractivity contribution is 0.101. The maximum atomic E-state index is 12.1. The van der Waals surface area contributed by atoms with Crippen LogP contribution in [0.15, 0.2) is 35.2 Å². The molecule has 18 heavy (non-hydrogen) atoms. The standard InChI is InChI=1S/C12H11BrClN3O/c1-2-17-7-8(14)5-10(17)12(18)16-9-3-4-11(13)15-6-9/h3-7H,2H2,1H3,(H,16,18). The summed E-state index contributed by atoms with van der Waals surface area (Å²) in [6, 6.07) is 5.18. The molecule has 0 unspecified atom stereocenters. The van der Waals surface area contributed by atoms with Crippen LogP contribution in [0.25, 0.3) is 0 Å². The van der Waals surface area contributed by atoms with Gasteiger partial charge in [-0.3, -0.25) is 4.79 Å². The van der Waals surface area contributed by atoms with Gasteiger partial charge in [-0.2, -0.15) is 0 Å². The smallest absolute Gasteiger partial charge is 0.272 e. The second kappa shape index (κ2) is 5.54. The largest absolute Gasteiger partial charge is 0.342 e. The Morgan fingerprint density at radius 2 is 2.33 bits per heavy atom. The van der Waals surface area contributed by atoms with E-state index < -0.39 is 0 Å². The zero-order valence-corrected chi connectivity index (χ0v) is 12.0. The van der Waals surface area contributed by atoms with Crippen LogP contribution < -0.4 is 5.32 Å². The number of halogens is 2. The van der Waals surface area contributed by atoms with Crippen LogP contribution in [0, 0.1) is 0 Å². The van der Waals surface area contributed by atoms with Crippen molar-refractivity contribution in [2.24, 2.45) is 0 Å². The number of carbonyl (C=O) groups excluding carboxylic acids is 1. The van der Waals surface area contributed by atoms with Gasteiger partial charge in [0.25, 0.3) is 5.91 Å². The highest BCUT2D eigenvalue weighted by molar-refractivity contribution is 9.10. The van der Waals surface area contributed by atoms with Crippen LogP contribution in [0.4, 0.5) is 5.69 Å². The number of hydrogen-bond donors (Lipinski definition) is 1. The average molecular weight is 329 g/mol. The summed E-state index contributed by atoms with van der Waals surface area (Å²) in [5.74, 6) is -0.201. The summed E-state index contributed by atoms with van der Waals surface area (Å²) in [5.41, 5.74) is 1.17. The first-order chi connectivity index (χ1) is 8.60. The highest BCUT2D eigenvalue weighted by atomic mass is 79.9. The number of amides is 1. The molecule has 0 spiro atoms. The zero-order chi connectivity index (χ0) is 13.1. The molecule has 2 aromatic rings. The third kappa shape index (κ3) is 2.91. The average Bonchev–Trinajstić information content (AvgIpc) is 2.73. The molecule has 0 aliphatic rings. The Labute approximate surface area is 118 Å². The highest BCUT2D eigenvalue weighted by Gasteiger charge is 2.12. The number of nitrogens with zero attached hydrogens (tertiary/aromatic N) is 2. The van der Waals surface area contributed by atoms with Gasteiger partial charge in [-0.15, -0.1) is 0 Å². The van der Waals surface area contributed by atoms with Gasteiger partial charge in [-0.1, -0.05) is 11.6 Å². The number of rotatable bonds is 3. The number of aromatic nitrogens is 2. The van der Waals surface area contributed by atoms with Crippen LogP contribution in [0.5, 0.6) is 0 Å². The quantitative estimate of drug-likeness (QED) is 0.876. The summed E-state index contributed by atoms with van der Waals surface area (Å²) < 4.78 is 2.52. The molecule has 0 fully saturated rings. The summed E-state index contributed by atoms with van der Waals surface area (Å²) in [6.07, 6.45) is 3.32. The van der Waals surface area contributed by atoms with Crippen LogP contribution in [0.1, 0.15) is 17.4 Å². The Morgan fingerprint density at radius 1 is 1.56 bits per heavy atom. The van der Waals surface area contributed by atoms with Crippen molar-refractivity contribution in [3.05, 3.63) is 45.9 Å². The lowest BCUT2D eigenvalue weighted by Crippen LogP contribution is -2.16. The summed E-state index contributed by atoms with van der Waals surface area (Å²) in [4.78, 5) is 16.1. The van der Waals surface area contributed by atoms with Crippen molar-refractivity contribution in [3.8, 4) is 0 Å². The van der Waals surface area contributed by atoms with E-state index in [1.54, 1.807) is 35.2 Å². The van der Waals surface area contributed by atoms with Crippen molar-refractivity contribution < 1.29 is 4.79 Å². The molecule has 2 heterocycles. The van der Waals surface area contributed by atoms with Gasteiger partial charge in [-0.05, 0) is 41.1 Å². The molecule has 0 saturated heterocycles. The Hall–Kier alpha value is -1.33. The first-order valence-corrected chi connectivity index (χ1v) is 6.56. The fraction of sp³-hybridized carbons (Fsp3) is 0.167. The van der Waals surface area contributed by atoms with Gasteiger partial charge in [0.05, 0.1) is 16.9 Å². The molecule has 2 rings (SSSR count). The Bertz CT molecular complexity index is 565. The van der Waals surface area contributed by atoms with Crippen molar-refractivity contribution in [2.45, 2.75) is 13.5 Å². The molecule has 6 heteroatoms. The molecule has 0 aromatic carbocycles. The third-order valence-electron chi connectivity index (χ3n) is 2.42. The summed E-state index contributed by atoms with van der Waals surface area (Å²) in [6.45, 7) is 2.64. The van der Waals surface area contributed by atoms with Gasteiger partial charge in [-0.25, -0.2) is 4.98 Å². The SMILES string of the molecule is CCn1cc(Cl)cc1C(=O)Nc1ccc(Br)nc1. The fourth-order valence-electron chi connectivity index (χ4n) is 1.57. The van der Waals surface area contributed by atoms with E-state index in [0.717, 1.165) is 4.60 Å². The minimum Gasteiger partial charge on any atom is -0.342 e. The molecule has 2 aromatic heterocycles. The number of carbonyl (C=O) groups is 1. The molecule has 0 bridgehead atoms. The summed E-state index contributed by atoms with van der Waals surface area (Å²) in [5, 5.41) is 3.32. The van der Waals surface area contributed by atoms with E-state index in [2.05, 4.69) is 26.2 Å². The topological polar surface area (TPSA) is 46.9 Å². The number of hydrogen-bond acceptors (Lipinski definition) is 2. The highest BCUT2D eigenvalue weighted by Crippen LogP contribution is 2.16. The van der Waals surface area contributed by atoms with E-state index in [-0.39, 0.29) is 5.91 Å². The molecule has 0 aliphatic heterocycles. The third-order valence-corrected chi connectivity index (χ3v) is 3.10. The predicted octanol–water partition coefficient (Wildman–Crippen LogP) is 3.57. The number of anilines is 1. The summed E-state index contributed by atoms with van der Waals surface area (Å²) >= 11 is 9.13. The van der Waals surface area contributed by atoms with E-state index in [1.165, 1.54) is 0 Å². The van der Waals surface area contributed by atoms with E-state index in [1.807, 2.05) is 6.92 Å². The Balaban J connectivity index is 2.19. The maximum Gasteiger partial charge on any atom is 0.272 e. The first-order valence-electron chi connectivity index (χ1n) is 5.38. The van der Waals surface area contributed by atoms with Gasteiger partial charge in [0.2, 0.25) is 0 Å². The zero-order valence-electron chi connectivity index (χ0n) is 9.65. The van der Waals surface area contributed by atoms with Crippen molar-refractivity contribution in [1.29, 1.82) is 0 Å². The maximum absolute atomic E-state index is 12.1. The number of nitrogens with one attached hydrogen (secondary N) is 1. The van der Waals surface area contributed by atoms with Crippen molar-refractivity contribution >= 4 is 39.1 Å². The van der Waals surface area contributed by atoms with Crippen molar-refractivity contribution in [3.63, 3.8) is 0 Å². The minimum atomic E-state index is -0.201. The molecular weight excluding hydrogens is 318 g/mol. The lowest BCUT2D eigenvalue weighted by atomic mass is 10.3. The second-order valence-electron chi connectivity index (χ2n) is 3.65. The van der Waals surface area contributed by atoms with E-state index in [4.69, 9.17) is 11.6 Å². The van der Waals surface area contributed by atoms with Gasteiger partial charge in [0, 0.05) is 12.7 Å². The number of pyridine rings is 1. The molecule has 0 saturated carbocycles. The molecule has 1 amide bonds.